The summed E-state index contributed by atoms with van der Waals surface area (Å²) in [4.78, 5) is 37.9. The van der Waals surface area contributed by atoms with Crippen LogP contribution in [0.3, 0.4) is 0 Å². The number of hydrogen-bond donors (Lipinski definition) is 1. The van der Waals surface area contributed by atoms with Gasteiger partial charge in [0.15, 0.2) is 12.4 Å². The number of ketones is 1. The Balaban J connectivity index is 1.89. The molecule has 0 saturated heterocycles. The summed E-state index contributed by atoms with van der Waals surface area (Å²) >= 11 is 1.40. The Hall–Kier alpha value is -2.47. The fraction of sp³-hybridized carbons (Fsp3) is 0.409. The first-order valence-electron chi connectivity index (χ1n) is 9.49. The number of esters is 1. The number of nitrogens with one attached hydrogen (secondary N) is 1. The first-order chi connectivity index (χ1) is 13.3. The van der Waals surface area contributed by atoms with Crippen LogP contribution in [0.25, 0.3) is 0 Å². The summed E-state index contributed by atoms with van der Waals surface area (Å²) in [6.45, 7) is 7.72. The Morgan fingerprint density at radius 2 is 1.82 bits per heavy atom. The molecule has 1 heterocycles. The SMILES string of the molecule is CCCc1cc(C(=O)OCC(=O)c2ccc(NC(=O)CC(C)C)cc2)sc1C. The van der Waals surface area contributed by atoms with Gasteiger partial charge < -0.3 is 10.1 Å². The van der Waals surface area contributed by atoms with Gasteiger partial charge in [0.1, 0.15) is 4.88 Å². The van der Waals surface area contributed by atoms with E-state index in [1.54, 1.807) is 24.3 Å². The summed E-state index contributed by atoms with van der Waals surface area (Å²) in [5.41, 5.74) is 2.22. The zero-order valence-corrected chi connectivity index (χ0v) is 17.7. The fourth-order valence-corrected chi connectivity index (χ4v) is 3.71. The Kier molecular flexibility index (Phi) is 7.93. The minimum absolute atomic E-state index is 0.0586. The first-order valence-corrected chi connectivity index (χ1v) is 10.3. The Morgan fingerprint density at radius 3 is 2.43 bits per heavy atom. The lowest BCUT2D eigenvalue weighted by Crippen LogP contribution is -2.15. The van der Waals surface area contributed by atoms with Crippen molar-refractivity contribution in [2.75, 3.05) is 11.9 Å². The number of hydrogen-bond acceptors (Lipinski definition) is 5. The van der Waals surface area contributed by atoms with Gasteiger partial charge in [-0.2, -0.15) is 0 Å². The second-order valence-electron chi connectivity index (χ2n) is 7.16. The molecule has 5 nitrogen and oxygen atoms in total. The molecule has 0 radical (unpaired) electrons. The third-order valence-corrected chi connectivity index (χ3v) is 5.23. The second-order valence-corrected chi connectivity index (χ2v) is 8.42. The van der Waals surface area contributed by atoms with Gasteiger partial charge in [-0.25, -0.2) is 4.79 Å². The van der Waals surface area contributed by atoms with Crippen molar-refractivity contribution in [1.29, 1.82) is 0 Å². The van der Waals surface area contributed by atoms with E-state index in [2.05, 4.69) is 12.2 Å². The van der Waals surface area contributed by atoms with Crippen molar-refractivity contribution in [3.05, 3.63) is 51.2 Å². The minimum Gasteiger partial charge on any atom is -0.453 e. The van der Waals surface area contributed by atoms with Crippen LogP contribution in [0, 0.1) is 12.8 Å². The fourth-order valence-electron chi connectivity index (χ4n) is 2.75. The second kappa shape index (κ2) is 10.2. The van der Waals surface area contributed by atoms with Crippen LogP contribution in [0.4, 0.5) is 5.69 Å². The average molecular weight is 402 g/mol. The number of carbonyl (C=O) groups excluding carboxylic acids is 3. The molecule has 0 spiro atoms. The molecular weight excluding hydrogens is 374 g/mol. The molecule has 0 bridgehead atoms. The number of aryl methyl sites for hydroxylation is 2. The monoisotopic (exact) mass is 401 g/mol. The first kappa shape index (κ1) is 21.8. The topological polar surface area (TPSA) is 72.5 Å². The van der Waals surface area contributed by atoms with E-state index < -0.39 is 5.97 Å². The number of thiophene rings is 1. The summed E-state index contributed by atoms with van der Waals surface area (Å²) < 4.78 is 5.18. The summed E-state index contributed by atoms with van der Waals surface area (Å²) in [5.74, 6) is -0.533. The summed E-state index contributed by atoms with van der Waals surface area (Å²) in [6, 6.07) is 8.44. The van der Waals surface area contributed by atoms with Crippen molar-refractivity contribution in [2.24, 2.45) is 5.92 Å². The van der Waals surface area contributed by atoms with E-state index in [1.807, 2.05) is 26.8 Å². The standard InChI is InChI=1S/C22H27NO4S/c1-5-6-17-12-20(28-15(17)4)22(26)27-13-19(24)16-7-9-18(10-8-16)23-21(25)11-14(2)3/h7-10,12,14H,5-6,11,13H2,1-4H3,(H,23,25). The molecule has 0 saturated carbocycles. The van der Waals surface area contributed by atoms with E-state index >= 15 is 0 Å². The van der Waals surface area contributed by atoms with Gasteiger partial charge >= 0.3 is 5.97 Å². The molecular formula is C22H27NO4S. The molecule has 0 aliphatic heterocycles. The molecule has 1 aromatic heterocycles. The van der Waals surface area contributed by atoms with Gasteiger partial charge in [0.25, 0.3) is 0 Å². The van der Waals surface area contributed by atoms with Gasteiger partial charge in [-0.3, -0.25) is 9.59 Å². The van der Waals surface area contributed by atoms with E-state index in [1.165, 1.54) is 11.3 Å². The maximum atomic E-state index is 12.3. The molecule has 0 aliphatic carbocycles. The maximum Gasteiger partial charge on any atom is 0.348 e. The lowest BCUT2D eigenvalue weighted by molar-refractivity contribution is -0.116. The maximum absolute atomic E-state index is 12.3. The molecule has 6 heteroatoms. The normalized spacial score (nSPS) is 10.8. The van der Waals surface area contributed by atoms with Crippen molar-refractivity contribution >= 4 is 34.7 Å². The Labute approximate surface area is 170 Å². The molecule has 150 valence electrons. The van der Waals surface area contributed by atoms with Crippen molar-refractivity contribution < 1.29 is 19.1 Å². The highest BCUT2D eigenvalue weighted by atomic mass is 32.1. The summed E-state index contributed by atoms with van der Waals surface area (Å²) in [7, 11) is 0. The number of Topliss-reactive ketones (excluding diaryl/α,β-unsaturated/α-hetero) is 1. The summed E-state index contributed by atoms with van der Waals surface area (Å²) in [5, 5.41) is 2.79. The van der Waals surface area contributed by atoms with Crippen molar-refractivity contribution in [1.82, 2.24) is 0 Å². The Morgan fingerprint density at radius 1 is 1.14 bits per heavy atom. The van der Waals surface area contributed by atoms with E-state index in [9.17, 15) is 14.4 Å². The predicted octanol–water partition coefficient (Wildman–Crippen LogP) is 5.03. The lowest BCUT2D eigenvalue weighted by atomic mass is 10.1. The quantitative estimate of drug-likeness (QED) is 0.472. The molecule has 0 unspecified atom stereocenters. The van der Waals surface area contributed by atoms with Gasteiger partial charge in [-0.15, -0.1) is 11.3 Å². The lowest BCUT2D eigenvalue weighted by Gasteiger charge is -2.08. The zero-order valence-electron chi connectivity index (χ0n) is 16.8. The molecule has 1 N–H and O–H groups in total. The van der Waals surface area contributed by atoms with Crippen LogP contribution in [-0.2, 0) is 16.0 Å². The van der Waals surface area contributed by atoms with Gasteiger partial charge in [-0.1, -0.05) is 27.2 Å². The molecule has 2 aromatic rings. The zero-order chi connectivity index (χ0) is 20.7. The van der Waals surface area contributed by atoms with E-state index in [4.69, 9.17) is 4.74 Å². The van der Waals surface area contributed by atoms with Crippen molar-refractivity contribution in [2.45, 2.75) is 47.0 Å². The third-order valence-electron chi connectivity index (χ3n) is 4.16. The van der Waals surface area contributed by atoms with Crippen LogP contribution in [0.2, 0.25) is 0 Å². The number of amides is 1. The van der Waals surface area contributed by atoms with Crippen LogP contribution < -0.4 is 5.32 Å². The molecule has 0 atom stereocenters. The highest BCUT2D eigenvalue weighted by Gasteiger charge is 2.16. The van der Waals surface area contributed by atoms with Gasteiger partial charge in [0.2, 0.25) is 5.91 Å². The van der Waals surface area contributed by atoms with Crippen LogP contribution in [0.5, 0.6) is 0 Å². The van der Waals surface area contributed by atoms with Crippen LogP contribution in [0.15, 0.2) is 30.3 Å². The van der Waals surface area contributed by atoms with Gasteiger partial charge in [-0.05, 0) is 55.2 Å². The number of carbonyl (C=O) groups is 3. The highest BCUT2D eigenvalue weighted by molar-refractivity contribution is 7.14. The number of ether oxygens (including phenoxy) is 1. The van der Waals surface area contributed by atoms with E-state index in [0.717, 1.165) is 23.3 Å². The average Bonchev–Trinajstić information content (AvgIpc) is 3.00. The molecule has 0 fully saturated rings. The van der Waals surface area contributed by atoms with E-state index in [-0.39, 0.29) is 24.2 Å². The van der Waals surface area contributed by atoms with Gasteiger partial charge in [0, 0.05) is 22.5 Å². The molecule has 2 rings (SSSR count). The number of rotatable bonds is 9. The Bertz CT molecular complexity index is 837. The minimum atomic E-state index is -0.471. The highest BCUT2D eigenvalue weighted by Crippen LogP contribution is 2.23. The predicted molar refractivity (Wildman–Crippen MR) is 112 cm³/mol. The summed E-state index contributed by atoms with van der Waals surface area (Å²) in [6.07, 6.45) is 2.38. The molecule has 0 aliphatic rings. The molecule has 1 amide bonds. The van der Waals surface area contributed by atoms with Crippen LogP contribution in [-0.4, -0.2) is 24.3 Å². The van der Waals surface area contributed by atoms with Gasteiger partial charge in [0.05, 0.1) is 0 Å². The van der Waals surface area contributed by atoms with Crippen LogP contribution in [0.1, 0.15) is 64.1 Å². The van der Waals surface area contributed by atoms with Crippen LogP contribution >= 0.6 is 11.3 Å². The smallest absolute Gasteiger partial charge is 0.348 e. The number of benzene rings is 1. The molecule has 28 heavy (non-hydrogen) atoms. The third kappa shape index (κ3) is 6.30. The van der Waals surface area contributed by atoms with Crippen molar-refractivity contribution in [3.63, 3.8) is 0 Å². The largest absolute Gasteiger partial charge is 0.453 e. The van der Waals surface area contributed by atoms with E-state index in [0.29, 0.717) is 22.5 Å². The number of anilines is 1. The molecule has 1 aromatic carbocycles. The van der Waals surface area contributed by atoms with Crippen molar-refractivity contribution in [3.8, 4) is 0 Å².